The minimum atomic E-state index is -0.973. The lowest BCUT2D eigenvalue weighted by molar-refractivity contribution is -0.142. The van der Waals surface area contributed by atoms with Gasteiger partial charge in [0.25, 0.3) is 0 Å². The molecule has 1 aromatic rings. The normalized spacial score (nSPS) is 19.4. The lowest BCUT2D eigenvalue weighted by Gasteiger charge is -2.19. The summed E-state index contributed by atoms with van der Waals surface area (Å²) in [5.74, 6) is -2.46. The predicted octanol–water partition coefficient (Wildman–Crippen LogP) is 1.43. The first kappa shape index (κ1) is 10.3. The average molecular weight is 316 g/mol. The molecule has 1 aliphatic rings. The van der Waals surface area contributed by atoms with Gasteiger partial charge >= 0.3 is 11.9 Å². The van der Waals surface area contributed by atoms with E-state index in [4.69, 9.17) is 0 Å². The van der Waals surface area contributed by atoms with E-state index in [0.717, 1.165) is 0 Å². The topological polar surface area (TPSA) is 60.4 Å². The molecule has 0 amide bonds. The fourth-order valence-electron chi connectivity index (χ4n) is 1.48. The highest BCUT2D eigenvalue weighted by atomic mass is 127. The zero-order chi connectivity index (χ0) is 11.0. The molecule has 0 saturated heterocycles. The Morgan fingerprint density at radius 3 is 2.60 bits per heavy atom. The van der Waals surface area contributed by atoms with E-state index in [1.165, 1.54) is 28.7 Å². The Bertz CT molecular complexity index is 466. The molecule has 0 fully saturated rings. The summed E-state index contributed by atoms with van der Waals surface area (Å²) in [6, 6.07) is 6.47. The van der Waals surface area contributed by atoms with Gasteiger partial charge in [0.1, 0.15) is 0 Å². The first-order valence-electron chi connectivity index (χ1n) is 4.15. The molecule has 0 radical (unpaired) electrons. The molecule has 1 aliphatic heterocycles. The van der Waals surface area contributed by atoms with Gasteiger partial charge in [-0.15, -0.1) is 0 Å². The molecular formula is C10H5IO4. The minimum Gasteiger partial charge on any atom is -0.389 e. The summed E-state index contributed by atoms with van der Waals surface area (Å²) in [5, 5.41) is 0. The molecule has 0 spiro atoms. The number of carbonyl (C=O) groups excluding carboxylic acids is 3. The zero-order valence-corrected chi connectivity index (χ0v) is 9.56. The summed E-state index contributed by atoms with van der Waals surface area (Å²) in [7, 11) is 0. The number of carbonyl (C=O) groups is 3. The maximum Gasteiger partial charge on any atom is 0.346 e. The molecule has 0 N–H and O–H groups in total. The number of hydrogen-bond donors (Lipinski definition) is 0. The lowest BCUT2D eigenvalue weighted by Crippen LogP contribution is -2.30. The average Bonchev–Trinajstić information content (AvgIpc) is 2.17. The molecule has 1 aromatic carbocycles. The second-order valence-electron chi connectivity index (χ2n) is 3.03. The van der Waals surface area contributed by atoms with E-state index in [2.05, 4.69) is 4.74 Å². The second-order valence-corrected chi connectivity index (χ2v) is 4.10. The monoisotopic (exact) mass is 316 g/mol. The van der Waals surface area contributed by atoms with Gasteiger partial charge in [-0.1, -0.05) is 18.2 Å². The number of hydrogen-bond acceptors (Lipinski definition) is 4. The van der Waals surface area contributed by atoms with Crippen LogP contribution in [0.3, 0.4) is 0 Å². The molecular weight excluding hydrogens is 311 g/mol. The summed E-state index contributed by atoms with van der Waals surface area (Å²) in [5.41, 5.74) is 0.713. The molecule has 1 heterocycles. The van der Waals surface area contributed by atoms with E-state index in [0.29, 0.717) is 5.56 Å². The van der Waals surface area contributed by atoms with E-state index >= 15 is 0 Å². The Kier molecular flexibility index (Phi) is 2.56. The second kappa shape index (κ2) is 3.73. The molecule has 0 saturated carbocycles. The van der Waals surface area contributed by atoms with Crippen LogP contribution in [0.1, 0.15) is 21.8 Å². The molecule has 5 heteroatoms. The van der Waals surface area contributed by atoms with Gasteiger partial charge in [-0.3, -0.25) is 9.59 Å². The van der Waals surface area contributed by atoms with E-state index < -0.39 is 17.9 Å². The van der Waals surface area contributed by atoms with Gasteiger partial charge in [-0.2, -0.15) is 0 Å². The third-order valence-corrected chi connectivity index (χ3v) is 2.77. The van der Waals surface area contributed by atoms with Crippen LogP contribution >= 0.6 is 22.6 Å². The molecule has 15 heavy (non-hydrogen) atoms. The number of halogens is 1. The highest BCUT2D eigenvalue weighted by Gasteiger charge is 2.37. The SMILES string of the molecule is O=C1OC(=O)C(C(=O)I)c2ccccc21. The van der Waals surface area contributed by atoms with Gasteiger partial charge in [-0.05, 0) is 11.6 Å². The summed E-state index contributed by atoms with van der Waals surface area (Å²) in [6.07, 6.45) is 0. The van der Waals surface area contributed by atoms with Crippen LogP contribution in [0.25, 0.3) is 0 Å². The van der Waals surface area contributed by atoms with Crippen LogP contribution in [-0.4, -0.2) is 15.7 Å². The van der Waals surface area contributed by atoms with Crippen molar-refractivity contribution in [1.29, 1.82) is 0 Å². The van der Waals surface area contributed by atoms with Crippen LogP contribution < -0.4 is 0 Å². The molecule has 0 bridgehead atoms. The minimum absolute atomic E-state index is 0.284. The summed E-state index contributed by atoms with van der Waals surface area (Å²) in [4.78, 5) is 33.9. The van der Waals surface area contributed by atoms with E-state index in [-0.39, 0.29) is 9.35 Å². The maximum atomic E-state index is 11.3. The highest BCUT2D eigenvalue weighted by Crippen LogP contribution is 2.29. The van der Waals surface area contributed by atoms with Crippen LogP contribution in [0.2, 0.25) is 0 Å². The molecule has 2 rings (SSSR count). The first-order valence-corrected chi connectivity index (χ1v) is 5.23. The number of fused-ring (bicyclic) bond motifs is 1. The Labute approximate surface area is 98.7 Å². The van der Waals surface area contributed by atoms with Crippen molar-refractivity contribution in [1.82, 2.24) is 0 Å². The number of esters is 2. The van der Waals surface area contributed by atoms with Crippen molar-refractivity contribution >= 4 is 38.3 Å². The third kappa shape index (κ3) is 1.67. The summed E-state index contributed by atoms with van der Waals surface area (Å²) in [6.45, 7) is 0. The number of benzene rings is 1. The van der Waals surface area contributed by atoms with Crippen LogP contribution in [0.5, 0.6) is 0 Å². The number of cyclic esters (lactones) is 2. The Balaban J connectivity index is 2.61. The van der Waals surface area contributed by atoms with Crippen LogP contribution in [0, 0.1) is 0 Å². The third-order valence-electron chi connectivity index (χ3n) is 2.15. The molecule has 1 unspecified atom stereocenters. The van der Waals surface area contributed by atoms with Crippen molar-refractivity contribution in [3.05, 3.63) is 35.4 Å². The Morgan fingerprint density at radius 2 is 1.93 bits per heavy atom. The molecule has 0 aromatic heterocycles. The fourth-order valence-corrected chi connectivity index (χ4v) is 2.07. The highest BCUT2D eigenvalue weighted by molar-refractivity contribution is 14.1. The molecule has 1 atom stereocenters. The predicted molar refractivity (Wildman–Crippen MR) is 58.6 cm³/mol. The Hall–Kier alpha value is -1.24. The van der Waals surface area contributed by atoms with Gasteiger partial charge in [0.15, 0.2) is 5.92 Å². The van der Waals surface area contributed by atoms with E-state index in [1.807, 2.05) is 0 Å². The van der Waals surface area contributed by atoms with Crippen molar-refractivity contribution in [2.45, 2.75) is 5.92 Å². The van der Waals surface area contributed by atoms with E-state index in [1.54, 1.807) is 18.2 Å². The lowest BCUT2D eigenvalue weighted by atomic mass is 9.93. The molecule has 76 valence electrons. The van der Waals surface area contributed by atoms with Crippen molar-refractivity contribution < 1.29 is 19.1 Å². The fraction of sp³-hybridized carbons (Fsp3) is 0.100. The van der Waals surface area contributed by atoms with E-state index in [9.17, 15) is 14.4 Å². The zero-order valence-electron chi connectivity index (χ0n) is 7.40. The molecule has 0 aliphatic carbocycles. The first-order chi connectivity index (χ1) is 7.11. The smallest absolute Gasteiger partial charge is 0.346 e. The van der Waals surface area contributed by atoms with Gasteiger partial charge in [0, 0.05) is 22.6 Å². The summed E-state index contributed by atoms with van der Waals surface area (Å²) < 4.78 is 4.13. The van der Waals surface area contributed by atoms with Crippen molar-refractivity contribution in [3.63, 3.8) is 0 Å². The maximum absolute atomic E-state index is 11.3. The van der Waals surface area contributed by atoms with Crippen LogP contribution in [0.4, 0.5) is 0 Å². The van der Waals surface area contributed by atoms with Crippen molar-refractivity contribution in [3.8, 4) is 0 Å². The Morgan fingerprint density at radius 1 is 1.27 bits per heavy atom. The number of ether oxygens (including phenoxy) is 1. The van der Waals surface area contributed by atoms with Gasteiger partial charge in [0.2, 0.25) is 3.79 Å². The van der Waals surface area contributed by atoms with Gasteiger partial charge < -0.3 is 4.74 Å². The van der Waals surface area contributed by atoms with Gasteiger partial charge in [-0.25, -0.2) is 4.79 Å². The van der Waals surface area contributed by atoms with Gasteiger partial charge in [0.05, 0.1) is 5.56 Å². The molecule has 4 nitrogen and oxygen atoms in total. The standard InChI is InChI=1S/C10H5IO4/c11-8(12)7-5-3-1-2-4-6(5)9(13)15-10(7)14/h1-4,7H. The van der Waals surface area contributed by atoms with Crippen LogP contribution in [-0.2, 0) is 14.3 Å². The van der Waals surface area contributed by atoms with Crippen molar-refractivity contribution in [2.24, 2.45) is 0 Å². The van der Waals surface area contributed by atoms with Crippen molar-refractivity contribution in [2.75, 3.05) is 0 Å². The number of rotatable bonds is 1. The largest absolute Gasteiger partial charge is 0.389 e. The van der Waals surface area contributed by atoms with Crippen LogP contribution in [0.15, 0.2) is 24.3 Å². The summed E-state index contributed by atoms with van der Waals surface area (Å²) >= 11 is 1.53. The quantitative estimate of drug-likeness (QED) is 0.340.